The average Bonchev–Trinajstić information content (AvgIpc) is 2.75. The highest BCUT2D eigenvalue weighted by atomic mass is 35.5. The summed E-state index contributed by atoms with van der Waals surface area (Å²) in [7, 11) is 3.70. The van der Waals surface area contributed by atoms with Crippen LogP contribution in [0.25, 0.3) is 0 Å². The summed E-state index contributed by atoms with van der Waals surface area (Å²) in [4.78, 5) is 4.37. The van der Waals surface area contributed by atoms with Crippen LogP contribution in [0.4, 0.5) is 0 Å². The molecule has 8 heteroatoms. The highest BCUT2D eigenvalue weighted by Crippen LogP contribution is 2.20. The third-order valence-electron chi connectivity index (χ3n) is 4.42. The van der Waals surface area contributed by atoms with Crippen LogP contribution >= 0.6 is 69.2 Å². The van der Waals surface area contributed by atoms with Crippen molar-refractivity contribution < 1.29 is 0 Å². The van der Waals surface area contributed by atoms with Crippen molar-refractivity contribution in [2.24, 2.45) is 5.73 Å². The number of rotatable bonds is 14. The molecule has 0 amide bonds. The quantitative estimate of drug-likeness (QED) is 0.132. The molecule has 2 aromatic rings. The van der Waals surface area contributed by atoms with E-state index in [1.54, 1.807) is 0 Å². The summed E-state index contributed by atoms with van der Waals surface area (Å²) in [5.74, 6) is 2.03. The molecule has 0 fully saturated rings. The van der Waals surface area contributed by atoms with E-state index in [9.17, 15) is 0 Å². The smallest absolute Gasteiger partial charge is 0.0406 e. The Morgan fingerprint density at radius 2 is 1.17 bits per heavy atom. The summed E-state index contributed by atoms with van der Waals surface area (Å²) < 4.78 is 0. The van der Waals surface area contributed by atoms with Crippen molar-refractivity contribution in [3.63, 3.8) is 0 Å². The van der Waals surface area contributed by atoms with Gasteiger partial charge in [0, 0.05) is 57.5 Å². The first kappa shape index (κ1) is 26.1. The van der Waals surface area contributed by atoms with E-state index in [2.05, 4.69) is 4.90 Å². The molecule has 0 aliphatic heterocycles. The van der Waals surface area contributed by atoms with Crippen LogP contribution in [0, 0.1) is 0 Å². The Kier molecular flexibility index (Phi) is 12.9. The fraction of sp³-hybridized carbons (Fsp3) is 0.364. The molecule has 0 unspecified atom stereocenters. The van der Waals surface area contributed by atoms with Crippen LogP contribution in [-0.4, -0.2) is 52.3 Å². The Balaban J connectivity index is 1.88. The molecule has 0 heterocycles. The topological polar surface area (TPSA) is 29.3 Å². The Morgan fingerprint density at radius 3 is 1.60 bits per heavy atom. The van der Waals surface area contributed by atoms with Crippen molar-refractivity contribution >= 4 is 79.0 Å². The number of halogens is 2. The number of thiocarbonyl (C=S) groups is 2. The summed E-state index contributed by atoms with van der Waals surface area (Å²) in [5, 5.41) is 1.46. The summed E-state index contributed by atoms with van der Waals surface area (Å²) in [5.41, 5.74) is 7.71. The fourth-order valence-corrected chi connectivity index (χ4v) is 5.34. The molecule has 0 saturated carbocycles. The largest absolute Gasteiger partial charge is 0.330 e. The summed E-state index contributed by atoms with van der Waals surface area (Å²) in [6, 6.07) is 15.5. The second kappa shape index (κ2) is 14.8. The van der Waals surface area contributed by atoms with E-state index in [0.29, 0.717) is 6.54 Å². The first-order valence-electron chi connectivity index (χ1n) is 9.74. The molecule has 2 rings (SSSR count). The Morgan fingerprint density at radius 1 is 0.733 bits per heavy atom. The number of nitrogens with two attached hydrogens (primary N) is 1. The third kappa shape index (κ3) is 9.96. The van der Waals surface area contributed by atoms with Crippen LogP contribution < -0.4 is 5.73 Å². The van der Waals surface area contributed by atoms with Crippen molar-refractivity contribution in [2.75, 3.05) is 37.7 Å². The minimum absolute atomic E-state index is 0.714. The highest BCUT2D eigenvalue weighted by molar-refractivity contribution is 8.76. The monoisotopic (exact) mass is 516 g/mol. The van der Waals surface area contributed by atoms with Gasteiger partial charge in [0.25, 0.3) is 0 Å². The SMILES string of the molecule is NCCSSCCN(CCC(=S)c1ccc(Cl)cc1)CCC(=S)c1ccc(Cl)cc1. The fourth-order valence-electron chi connectivity index (χ4n) is 2.75. The van der Waals surface area contributed by atoms with Gasteiger partial charge in [-0.15, -0.1) is 0 Å². The van der Waals surface area contributed by atoms with E-state index in [-0.39, 0.29) is 0 Å². The standard InChI is InChI=1S/C22H26Cl2N2S4/c23-19-5-1-17(2-6-19)21(27)9-12-26(14-16-30-29-15-11-25)13-10-22(28)18-3-7-20(24)8-4-18/h1-8H,9-16,25H2. The maximum absolute atomic E-state index is 5.98. The lowest BCUT2D eigenvalue weighted by molar-refractivity contribution is 0.309. The molecule has 0 aliphatic carbocycles. The van der Waals surface area contributed by atoms with Crippen molar-refractivity contribution in [1.82, 2.24) is 4.90 Å². The molecule has 0 bridgehead atoms. The van der Waals surface area contributed by atoms with E-state index in [1.165, 1.54) is 0 Å². The molecule has 2 aromatic carbocycles. The minimum atomic E-state index is 0.714. The number of benzene rings is 2. The molecular weight excluding hydrogens is 491 g/mol. The van der Waals surface area contributed by atoms with Crippen molar-refractivity contribution in [3.8, 4) is 0 Å². The molecule has 0 radical (unpaired) electrons. The van der Waals surface area contributed by atoms with Gasteiger partial charge in [-0.25, -0.2) is 0 Å². The van der Waals surface area contributed by atoms with E-state index in [4.69, 9.17) is 53.4 Å². The Labute approximate surface area is 208 Å². The second-order valence-corrected chi connectivity index (χ2v) is 11.2. The molecule has 0 aliphatic rings. The van der Waals surface area contributed by atoms with E-state index < -0.39 is 0 Å². The van der Waals surface area contributed by atoms with Crippen LogP contribution in [0.15, 0.2) is 48.5 Å². The zero-order chi connectivity index (χ0) is 21.8. The van der Waals surface area contributed by atoms with Gasteiger partial charge in [-0.2, -0.15) is 0 Å². The molecule has 0 aromatic heterocycles. The van der Waals surface area contributed by atoms with Gasteiger partial charge in [-0.3, -0.25) is 0 Å². The van der Waals surface area contributed by atoms with Gasteiger partial charge >= 0.3 is 0 Å². The number of nitrogens with zero attached hydrogens (tertiary/aromatic N) is 1. The first-order valence-corrected chi connectivity index (χ1v) is 13.8. The molecule has 0 spiro atoms. The zero-order valence-corrected chi connectivity index (χ0v) is 21.5. The lowest BCUT2D eigenvalue weighted by Gasteiger charge is -2.22. The maximum Gasteiger partial charge on any atom is 0.0406 e. The predicted octanol–water partition coefficient (Wildman–Crippen LogP) is 6.55. The predicted molar refractivity (Wildman–Crippen MR) is 146 cm³/mol. The molecule has 2 N–H and O–H groups in total. The van der Waals surface area contributed by atoms with Crippen molar-refractivity contribution in [3.05, 3.63) is 69.7 Å². The Hall–Kier alpha value is -0.180. The molecule has 0 atom stereocenters. The number of hydrogen-bond donors (Lipinski definition) is 1. The lowest BCUT2D eigenvalue weighted by atomic mass is 10.1. The van der Waals surface area contributed by atoms with Gasteiger partial charge in [0.1, 0.15) is 0 Å². The van der Waals surface area contributed by atoms with Crippen LogP contribution in [0.2, 0.25) is 10.0 Å². The van der Waals surface area contributed by atoms with E-state index in [0.717, 1.165) is 74.9 Å². The average molecular weight is 518 g/mol. The van der Waals surface area contributed by atoms with Crippen LogP contribution in [0.1, 0.15) is 24.0 Å². The van der Waals surface area contributed by atoms with Gasteiger partial charge < -0.3 is 10.6 Å². The molecule has 30 heavy (non-hydrogen) atoms. The molecule has 2 nitrogen and oxygen atoms in total. The van der Waals surface area contributed by atoms with Crippen LogP contribution in [0.5, 0.6) is 0 Å². The van der Waals surface area contributed by atoms with Crippen molar-refractivity contribution in [2.45, 2.75) is 12.8 Å². The van der Waals surface area contributed by atoms with Gasteiger partial charge in [0.05, 0.1) is 0 Å². The maximum atomic E-state index is 5.98. The molecule has 162 valence electrons. The third-order valence-corrected chi connectivity index (χ3v) is 8.22. The van der Waals surface area contributed by atoms with Gasteiger partial charge in [0.15, 0.2) is 0 Å². The summed E-state index contributed by atoms with van der Waals surface area (Å²) >= 11 is 23.3. The summed E-state index contributed by atoms with van der Waals surface area (Å²) in [6.45, 7) is 3.53. The van der Waals surface area contributed by atoms with Crippen molar-refractivity contribution in [1.29, 1.82) is 0 Å². The van der Waals surface area contributed by atoms with Gasteiger partial charge in [0.2, 0.25) is 0 Å². The highest BCUT2D eigenvalue weighted by Gasteiger charge is 2.10. The van der Waals surface area contributed by atoms with Gasteiger partial charge in [-0.1, -0.05) is 93.5 Å². The van der Waals surface area contributed by atoms with Crippen LogP contribution in [-0.2, 0) is 0 Å². The second-order valence-electron chi connectivity index (χ2n) is 6.63. The lowest BCUT2D eigenvalue weighted by Crippen LogP contribution is -2.30. The molecule has 0 saturated heterocycles. The van der Waals surface area contributed by atoms with E-state index >= 15 is 0 Å². The van der Waals surface area contributed by atoms with Crippen LogP contribution in [0.3, 0.4) is 0 Å². The van der Waals surface area contributed by atoms with E-state index in [1.807, 2.05) is 70.1 Å². The normalized spacial score (nSPS) is 11.1. The Bertz CT molecular complexity index is 736. The zero-order valence-electron chi connectivity index (χ0n) is 16.7. The minimum Gasteiger partial charge on any atom is -0.330 e. The first-order chi connectivity index (χ1) is 14.5. The number of hydrogen-bond acceptors (Lipinski definition) is 6. The summed E-state index contributed by atoms with van der Waals surface area (Å²) in [6.07, 6.45) is 1.68. The van der Waals surface area contributed by atoms with Gasteiger partial charge in [-0.05, 0) is 48.2 Å². The molecular formula is C22H26Cl2N2S4.